The SMILES string of the molecule is CCOC(=O)/C(=C(/CC)c1cccs1)c1cccs1. The molecule has 0 amide bonds. The van der Waals surface area contributed by atoms with E-state index in [9.17, 15) is 4.79 Å². The first-order chi connectivity index (χ1) is 9.27. The van der Waals surface area contributed by atoms with Crippen LogP contribution in [0.3, 0.4) is 0 Å². The van der Waals surface area contributed by atoms with Gasteiger partial charge in [0.1, 0.15) is 0 Å². The molecule has 4 heteroatoms. The minimum atomic E-state index is -0.227. The van der Waals surface area contributed by atoms with Gasteiger partial charge in [-0.3, -0.25) is 0 Å². The highest BCUT2D eigenvalue weighted by Gasteiger charge is 2.20. The Labute approximate surface area is 121 Å². The molecule has 2 heterocycles. The summed E-state index contributed by atoms with van der Waals surface area (Å²) in [6.45, 7) is 4.30. The van der Waals surface area contributed by atoms with Gasteiger partial charge in [0.25, 0.3) is 0 Å². The first-order valence-electron chi connectivity index (χ1n) is 6.26. The number of esters is 1. The molecule has 0 aromatic carbocycles. The number of hydrogen-bond donors (Lipinski definition) is 0. The van der Waals surface area contributed by atoms with Gasteiger partial charge < -0.3 is 4.74 Å². The Balaban J connectivity index is 2.54. The van der Waals surface area contributed by atoms with Crippen LogP contribution in [-0.2, 0) is 9.53 Å². The van der Waals surface area contributed by atoms with Crippen LogP contribution >= 0.6 is 22.7 Å². The number of rotatable bonds is 5. The van der Waals surface area contributed by atoms with E-state index in [1.54, 1.807) is 22.7 Å². The Kier molecular flexibility index (Phi) is 4.93. The summed E-state index contributed by atoms with van der Waals surface area (Å²) in [5.41, 5.74) is 1.78. The van der Waals surface area contributed by atoms with E-state index in [-0.39, 0.29) is 5.97 Å². The van der Waals surface area contributed by atoms with Gasteiger partial charge in [0.05, 0.1) is 12.2 Å². The van der Waals surface area contributed by atoms with E-state index in [1.165, 1.54) is 0 Å². The molecule has 0 saturated carbocycles. The lowest BCUT2D eigenvalue weighted by Crippen LogP contribution is -2.08. The van der Waals surface area contributed by atoms with Crippen molar-refractivity contribution in [2.45, 2.75) is 20.3 Å². The molecule has 2 aromatic heterocycles. The molecule has 19 heavy (non-hydrogen) atoms. The third kappa shape index (κ3) is 3.14. The molecule has 100 valence electrons. The molecule has 0 atom stereocenters. The van der Waals surface area contributed by atoms with Crippen LogP contribution in [0.2, 0.25) is 0 Å². The normalized spacial score (nSPS) is 12.1. The second-order valence-electron chi connectivity index (χ2n) is 3.88. The number of allylic oxidation sites excluding steroid dienone is 1. The zero-order valence-corrected chi connectivity index (χ0v) is 12.6. The van der Waals surface area contributed by atoms with Gasteiger partial charge in [-0.25, -0.2) is 4.79 Å². The molecule has 2 aromatic rings. The molecule has 2 rings (SSSR count). The molecule has 0 spiro atoms. The number of carbonyl (C=O) groups excluding carboxylic acids is 1. The molecule has 0 N–H and O–H groups in total. The smallest absolute Gasteiger partial charge is 0.339 e. The van der Waals surface area contributed by atoms with Gasteiger partial charge >= 0.3 is 5.97 Å². The average Bonchev–Trinajstić information content (AvgIpc) is 3.08. The predicted molar refractivity (Wildman–Crippen MR) is 82.4 cm³/mol. The van der Waals surface area contributed by atoms with Gasteiger partial charge in [-0.1, -0.05) is 19.1 Å². The van der Waals surface area contributed by atoms with Crippen molar-refractivity contribution in [2.75, 3.05) is 6.61 Å². The molecule has 0 aliphatic rings. The molecule has 0 aliphatic carbocycles. The van der Waals surface area contributed by atoms with Crippen molar-refractivity contribution < 1.29 is 9.53 Å². The highest BCUT2D eigenvalue weighted by atomic mass is 32.1. The summed E-state index contributed by atoms with van der Waals surface area (Å²) in [7, 11) is 0. The van der Waals surface area contributed by atoms with E-state index in [1.807, 2.05) is 35.9 Å². The van der Waals surface area contributed by atoms with Crippen LogP contribution in [0.15, 0.2) is 35.0 Å². The molecule has 0 saturated heterocycles. The molecule has 0 radical (unpaired) electrons. The fraction of sp³-hybridized carbons (Fsp3) is 0.267. The Bertz CT molecular complexity index is 551. The molecule has 2 nitrogen and oxygen atoms in total. The van der Waals surface area contributed by atoms with Crippen molar-refractivity contribution in [3.05, 3.63) is 44.8 Å². The van der Waals surface area contributed by atoms with Crippen molar-refractivity contribution in [2.24, 2.45) is 0 Å². The van der Waals surface area contributed by atoms with Gasteiger partial charge in [-0.15, -0.1) is 22.7 Å². The summed E-state index contributed by atoms with van der Waals surface area (Å²) in [5, 5.41) is 4.01. The van der Waals surface area contributed by atoms with Crippen molar-refractivity contribution >= 4 is 39.8 Å². The van der Waals surface area contributed by atoms with Crippen molar-refractivity contribution in [1.29, 1.82) is 0 Å². The Morgan fingerprint density at radius 3 is 2.21 bits per heavy atom. The summed E-state index contributed by atoms with van der Waals surface area (Å²) in [6, 6.07) is 7.99. The van der Waals surface area contributed by atoms with Crippen LogP contribution in [0.5, 0.6) is 0 Å². The fourth-order valence-corrected chi connectivity index (χ4v) is 3.56. The van der Waals surface area contributed by atoms with Crippen LogP contribution in [0.1, 0.15) is 30.0 Å². The molecule has 0 aliphatic heterocycles. The molecular formula is C15H16O2S2. The lowest BCUT2D eigenvalue weighted by atomic mass is 10.0. The Morgan fingerprint density at radius 1 is 1.11 bits per heavy atom. The lowest BCUT2D eigenvalue weighted by molar-refractivity contribution is -0.136. The molecule has 0 unspecified atom stereocenters. The maximum Gasteiger partial charge on any atom is 0.339 e. The lowest BCUT2D eigenvalue weighted by Gasteiger charge is -2.11. The molecule has 0 bridgehead atoms. The van der Waals surface area contributed by atoms with E-state index in [0.29, 0.717) is 12.2 Å². The van der Waals surface area contributed by atoms with Gasteiger partial charge in [-0.2, -0.15) is 0 Å². The highest BCUT2D eigenvalue weighted by molar-refractivity contribution is 7.12. The summed E-state index contributed by atoms with van der Waals surface area (Å²) >= 11 is 3.23. The standard InChI is InChI=1S/C15H16O2S2/c1-3-11(12-7-5-9-18-12)14(15(16)17-4-2)13-8-6-10-19-13/h5-10H,3-4H2,1-2H3/b14-11-. The minimum Gasteiger partial charge on any atom is -0.462 e. The van der Waals surface area contributed by atoms with Crippen LogP contribution in [0.4, 0.5) is 0 Å². The van der Waals surface area contributed by atoms with E-state index < -0.39 is 0 Å². The monoisotopic (exact) mass is 292 g/mol. The van der Waals surface area contributed by atoms with Crippen molar-refractivity contribution in [1.82, 2.24) is 0 Å². The Hall–Kier alpha value is -1.39. The van der Waals surface area contributed by atoms with Gasteiger partial charge in [0.2, 0.25) is 0 Å². The molecular weight excluding hydrogens is 276 g/mol. The third-order valence-electron chi connectivity index (χ3n) is 2.72. The van der Waals surface area contributed by atoms with Gasteiger partial charge in [-0.05, 0) is 41.8 Å². The number of carbonyl (C=O) groups is 1. The second kappa shape index (κ2) is 6.68. The van der Waals surface area contributed by atoms with Gasteiger partial charge in [0, 0.05) is 9.75 Å². The number of ether oxygens (including phenoxy) is 1. The van der Waals surface area contributed by atoms with E-state index >= 15 is 0 Å². The van der Waals surface area contributed by atoms with E-state index in [4.69, 9.17) is 4.74 Å². The maximum absolute atomic E-state index is 12.3. The first kappa shape index (κ1) is 14.0. The topological polar surface area (TPSA) is 26.3 Å². The predicted octanol–water partition coefficient (Wildman–Crippen LogP) is 4.69. The zero-order chi connectivity index (χ0) is 13.7. The minimum absolute atomic E-state index is 0.227. The first-order valence-corrected chi connectivity index (χ1v) is 8.01. The van der Waals surface area contributed by atoms with Gasteiger partial charge in [0.15, 0.2) is 0 Å². The highest BCUT2D eigenvalue weighted by Crippen LogP contribution is 2.34. The Morgan fingerprint density at radius 2 is 1.74 bits per heavy atom. The number of thiophene rings is 2. The third-order valence-corrected chi connectivity index (χ3v) is 4.54. The van der Waals surface area contributed by atoms with Crippen LogP contribution in [-0.4, -0.2) is 12.6 Å². The second-order valence-corrected chi connectivity index (χ2v) is 5.78. The summed E-state index contributed by atoms with van der Waals surface area (Å²) in [5.74, 6) is -0.227. The summed E-state index contributed by atoms with van der Waals surface area (Å²) in [6.07, 6.45) is 0.812. The van der Waals surface area contributed by atoms with Crippen LogP contribution < -0.4 is 0 Å². The average molecular weight is 292 g/mol. The van der Waals surface area contributed by atoms with E-state index in [2.05, 4.69) is 13.0 Å². The summed E-state index contributed by atoms with van der Waals surface area (Å²) in [4.78, 5) is 14.4. The fourth-order valence-electron chi connectivity index (χ4n) is 1.92. The zero-order valence-electron chi connectivity index (χ0n) is 11.0. The largest absolute Gasteiger partial charge is 0.462 e. The van der Waals surface area contributed by atoms with Crippen LogP contribution in [0.25, 0.3) is 11.1 Å². The van der Waals surface area contributed by atoms with Crippen LogP contribution in [0, 0.1) is 0 Å². The summed E-state index contributed by atoms with van der Waals surface area (Å²) < 4.78 is 5.22. The quantitative estimate of drug-likeness (QED) is 0.590. The molecule has 0 fully saturated rings. The van der Waals surface area contributed by atoms with E-state index in [0.717, 1.165) is 21.7 Å². The maximum atomic E-state index is 12.3. The van der Waals surface area contributed by atoms with Crippen molar-refractivity contribution in [3.63, 3.8) is 0 Å². The number of hydrogen-bond acceptors (Lipinski definition) is 4. The van der Waals surface area contributed by atoms with Crippen molar-refractivity contribution in [3.8, 4) is 0 Å².